The predicted molar refractivity (Wildman–Crippen MR) is 89.4 cm³/mol. The number of aromatic nitrogens is 3. The van der Waals surface area contributed by atoms with Gasteiger partial charge in [-0.15, -0.1) is 10.2 Å². The fraction of sp³-hybridized carbons (Fsp3) is 0.722. The lowest BCUT2D eigenvalue weighted by molar-refractivity contribution is -0.132. The number of likely N-dealkylation sites (tertiary alicyclic amines) is 1. The lowest BCUT2D eigenvalue weighted by atomic mass is 9.97. The molecule has 1 saturated heterocycles. The number of hydrogen-bond donors (Lipinski definition) is 0. The fourth-order valence-electron chi connectivity index (χ4n) is 4.27. The number of carbonyl (C=O) groups excluding carboxylic acids is 1. The van der Waals surface area contributed by atoms with E-state index in [1.807, 2.05) is 4.90 Å². The summed E-state index contributed by atoms with van der Waals surface area (Å²) in [7, 11) is 1.73. The highest BCUT2D eigenvalue weighted by Crippen LogP contribution is 2.35. The van der Waals surface area contributed by atoms with Gasteiger partial charge in [-0.2, -0.15) is 0 Å². The Morgan fingerprint density at radius 3 is 3.00 bits per heavy atom. The van der Waals surface area contributed by atoms with E-state index in [-0.39, 0.29) is 18.1 Å². The van der Waals surface area contributed by atoms with E-state index in [0.29, 0.717) is 13.0 Å². The van der Waals surface area contributed by atoms with Gasteiger partial charge in [-0.25, -0.2) is 0 Å². The summed E-state index contributed by atoms with van der Waals surface area (Å²) in [6.45, 7) is 1.63. The van der Waals surface area contributed by atoms with Crippen molar-refractivity contribution in [2.75, 3.05) is 13.7 Å². The van der Waals surface area contributed by atoms with E-state index in [2.05, 4.69) is 20.8 Å². The number of fused-ring (bicyclic) bond motifs is 1. The van der Waals surface area contributed by atoms with Gasteiger partial charge in [0.25, 0.3) is 0 Å². The van der Waals surface area contributed by atoms with Crippen LogP contribution in [-0.4, -0.2) is 45.3 Å². The molecular weight excluding hydrogens is 304 g/mol. The Balaban J connectivity index is 1.54. The van der Waals surface area contributed by atoms with E-state index in [4.69, 9.17) is 4.74 Å². The number of aryl methyl sites for hydroxylation is 1. The first-order valence-electron chi connectivity index (χ1n) is 9.18. The van der Waals surface area contributed by atoms with Crippen LogP contribution in [0.25, 0.3) is 0 Å². The molecule has 0 saturated carbocycles. The van der Waals surface area contributed by atoms with Gasteiger partial charge in [0, 0.05) is 39.5 Å². The number of amides is 1. The first-order valence-corrected chi connectivity index (χ1v) is 9.18. The third-order valence-corrected chi connectivity index (χ3v) is 5.62. The molecule has 1 aromatic rings. The van der Waals surface area contributed by atoms with Crippen molar-refractivity contribution in [2.24, 2.45) is 0 Å². The molecule has 6 heteroatoms. The largest absolute Gasteiger partial charge is 0.380 e. The molecule has 4 rings (SSSR count). The molecule has 24 heavy (non-hydrogen) atoms. The molecule has 0 unspecified atom stereocenters. The molecule has 0 aromatic carbocycles. The van der Waals surface area contributed by atoms with Crippen LogP contribution in [0.3, 0.4) is 0 Å². The Kier molecular flexibility index (Phi) is 4.39. The molecular formula is C18H26N4O2. The zero-order chi connectivity index (χ0) is 16.5. The summed E-state index contributed by atoms with van der Waals surface area (Å²) in [5.41, 5.74) is 1.30. The minimum atomic E-state index is 0.00555. The van der Waals surface area contributed by atoms with E-state index in [1.165, 1.54) is 18.4 Å². The minimum Gasteiger partial charge on any atom is -0.380 e. The summed E-state index contributed by atoms with van der Waals surface area (Å²) in [6, 6.07) is 0.00555. The number of allylic oxidation sites excluding steroid dienone is 1. The topological polar surface area (TPSA) is 60.3 Å². The molecule has 1 aromatic heterocycles. The molecule has 2 aliphatic heterocycles. The summed E-state index contributed by atoms with van der Waals surface area (Å²) in [4.78, 5) is 14.9. The molecule has 6 nitrogen and oxygen atoms in total. The second-order valence-electron chi connectivity index (χ2n) is 7.17. The molecule has 3 heterocycles. The molecule has 1 amide bonds. The van der Waals surface area contributed by atoms with Crippen LogP contribution in [0.2, 0.25) is 0 Å². The molecule has 0 radical (unpaired) electrons. The summed E-state index contributed by atoms with van der Waals surface area (Å²) in [5, 5.41) is 8.74. The molecule has 2 atom stereocenters. The van der Waals surface area contributed by atoms with Crippen molar-refractivity contribution in [1.82, 2.24) is 19.7 Å². The van der Waals surface area contributed by atoms with Crippen LogP contribution in [0.4, 0.5) is 0 Å². The maximum atomic E-state index is 13.0. The number of rotatable bonds is 4. The first-order chi connectivity index (χ1) is 11.8. The third kappa shape index (κ3) is 2.88. The first kappa shape index (κ1) is 15.8. The molecule has 1 fully saturated rings. The van der Waals surface area contributed by atoms with Crippen LogP contribution in [0, 0.1) is 0 Å². The highest BCUT2D eigenvalue weighted by Gasteiger charge is 2.40. The smallest absolute Gasteiger partial charge is 0.227 e. The molecule has 1 aliphatic carbocycles. The second kappa shape index (κ2) is 6.67. The van der Waals surface area contributed by atoms with E-state index in [9.17, 15) is 4.79 Å². The molecule has 0 bridgehead atoms. The molecule has 0 N–H and O–H groups in total. The van der Waals surface area contributed by atoms with E-state index >= 15 is 0 Å². The highest BCUT2D eigenvalue weighted by molar-refractivity contribution is 5.79. The van der Waals surface area contributed by atoms with Crippen LogP contribution >= 0.6 is 0 Å². The lowest BCUT2D eigenvalue weighted by Crippen LogP contribution is -2.33. The van der Waals surface area contributed by atoms with Gasteiger partial charge in [0.05, 0.1) is 12.1 Å². The summed E-state index contributed by atoms with van der Waals surface area (Å²) in [5.74, 6) is 2.23. The Hall–Kier alpha value is -1.69. The Morgan fingerprint density at radius 1 is 1.29 bits per heavy atom. The van der Waals surface area contributed by atoms with Crippen LogP contribution in [-0.2, 0) is 22.5 Å². The van der Waals surface area contributed by atoms with Crippen LogP contribution in [0.15, 0.2) is 11.6 Å². The number of methoxy groups -OCH3 is 1. The summed E-state index contributed by atoms with van der Waals surface area (Å²) in [6.07, 6.45) is 10.5. The average molecular weight is 330 g/mol. The molecule has 3 aliphatic rings. The SMILES string of the molecule is CO[C@@H]1C[C@@H](c2nnc3n2CCC3)N(C(=O)CC2=CCCCC2)C1. The van der Waals surface area contributed by atoms with Gasteiger partial charge in [-0.3, -0.25) is 4.79 Å². The van der Waals surface area contributed by atoms with Crippen LogP contribution in [0.1, 0.15) is 62.6 Å². The number of carbonyl (C=O) groups is 1. The minimum absolute atomic E-state index is 0.00555. The number of hydrogen-bond acceptors (Lipinski definition) is 4. The van der Waals surface area contributed by atoms with Gasteiger partial charge in [0.15, 0.2) is 5.82 Å². The Bertz CT molecular complexity index is 651. The van der Waals surface area contributed by atoms with E-state index in [1.54, 1.807) is 7.11 Å². The van der Waals surface area contributed by atoms with Gasteiger partial charge in [0.1, 0.15) is 5.82 Å². The third-order valence-electron chi connectivity index (χ3n) is 5.62. The van der Waals surface area contributed by atoms with Crippen molar-refractivity contribution in [3.63, 3.8) is 0 Å². The van der Waals surface area contributed by atoms with Crippen LogP contribution in [0.5, 0.6) is 0 Å². The Morgan fingerprint density at radius 2 is 2.21 bits per heavy atom. The fourth-order valence-corrected chi connectivity index (χ4v) is 4.27. The standard InChI is InChI=1S/C18H26N4O2/c1-24-14-11-15(18-20-19-16-8-5-9-21(16)18)22(12-14)17(23)10-13-6-3-2-4-7-13/h6,14-15H,2-5,7-12H2,1H3/t14-,15+/m1/s1. The van der Waals surface area contributed by atoms with Gasteiger partial charge in [-0.1, -0.05) is 11.6 Å². The van der Waals surface area contributed by atoms with Crippen molar-refractivity contribution >= 4 is 5.91 Å². The summed E-state index contributed by atoms with van der Waals surface area (Å²) < 4.78 is 7.77. The number of ether oxygens (including phenoxy) is 1. The Labute approximate surface area is 142 Å². The quantitative estimate of drug-likeness (QED) is 0.796. The second-order valence-corrected chi connectivity index (χ2v) is 7.17. The van der Waals surface area contributed by atoms with Gasteiger partial charge in [0.2, 0.25) is 5.91 Å². The molecule has 130 valence electrons. The zero-order valence-corrected chi connectivity index (χ0v) is 14.4. The zero-order valence-electron chi connectivity index (χ0n) is 14.4. The molecule has 0 spiro atoms. The normalized spacial score (nSPS) is 26.5. The lowest BCUT2D eigenvalue weighted by Gasteiger charge is -2.25. The van der Waals surface area contributed by atoms with Gasteiger partial charge in [-0.05, 0) is 32.1 Å². The van der Waals surface area contributed by atoms with Crippen molar-refractivity contribution in [2.45, 2.75) is 70.1 Å². The highest BCUT2D eigenvalue weighted by atomic mass is 16.5. The summed E-state index contributed by atoms with van der Waals surface area (Å²) >= 11 is 0. The van der Waals surface area contributed by atoms with E-state index in [0.717, 1.165) is 50.3 Å². The van der Waals surface area contributed by atoms with Crippen LogP contribution < -0.4 is 0 Å². The maximum absolute atomic E-state index is 13.0. The van der Waals surface area contributed by atoms with Crippen molar-refractivity contribution in [3.8, 4) is 0 Å². The van der Waals surface area contributed by atoms with Crippen molar-refractivity contribution in [3.05, 3.63) is 23.3 Å². The maximum Gasteiger partial charge on any atom is 0.227 e. The van der Waals surface area contributed by atoms with Crippen molar-refractivity contribution in [1.29, 1.82) is 0 Å². The van der Waals surface area contributed by atoms with Crippen molar-refractivity contribution < 1.29 is 9.53 Å². The monoisotopic (exact) mass is 330 g/mol. The van der Waals surface area contributed by atoms with Gasteiger partial charge < -0.3 is 14.2 Å². The van der Waals surface area contributed by atoms with E-state index < -0.39 is 0 Å². The number of nitrogens with zero attached hydrogens (tertiary/aromatic N) is 4. The average Bonchev–Trinajstić information content (AvgIpc) is 3.30. The van der Waals surface area contributed by atoms with Gasteiger partial charge >= 0.3 is 0 Å². The predicted octanol–water partition coefficient (Wildman–Crippen LogP) is 2.40.